The number of nitrogens with zero attached hydrogens (tertiary/aromatic N) is 4. The van der Waals surface area contributed by atoms with Crippen LogP contribution in [0.2, 0.25) is 10.0 Å². The Morgan fingerprint density at radius 1 is 1.03 bits per heavy atom. The Bertz CT molecular complexity index is 1550. The van der Waals surface area contributed by atoms with Gasteiger partial charge in [0.05, 0.1) is 28.4 Å². The predicted octanol–water partition coefficient (Wildman–Crippen LogP) is 6.14. The van der Waals surface area contributed by atoms with Crippen molar-refractivity contribution < 1.29 is 17.9 Å². The summed E-state index contributed by atoms with van der Waals surface area (Å²) in [5, 5.41) is 9.52. The third kappa shape index (κ3) is 5.95. The number of sulfonamides is 1. The standard InChI is InChI=1S/C27H28Cl2N4O4S/c1-4-6-11-37-27(34)17-33(38(35,36)23-15-21(28)14-22(29)16-23)25-13-20-9-10-32(24(20)12-19(25)5-2)26-8-7-18(3)30-31-26/h7-10,12-16H,4-6,11,17H2,1-3H3. The fraction of sp³-hybridized carbons (Fsp3) is 0.296. The Hall–Kier alpha value is -3.14. The average Bonchev–Trinajstić information content (AvgIpc) is 3.29. The second-order valence-electron chi connectivity index (χ2n) is 8.80. The van der Waals surface area contributed by atoms with Crippen LogP contribution in [0.25, 0.3) is 16.7 Å². The molecule has 4 rings (SSSR count). The molecule has 0 radical (unpaired) electrons. The molecular weight excluding hydrogens is 547 g/mol. The summed E-state index contributed by atoms with van der Waals surface area (Å²) in [6.07, 6.45) is 3.88. The van der Waals surface area contributed by atoms with E-state index in [1.54, 1.807) is 6.07 Å². The minimum absolute atomic E-state index is 0.119. The molecule has 2 aromatic carbocycles. The molecule has 4 aromatic rings. The molecule has 0 fully saturated rings. The first-order valence-electron chi connectivity index (χ1n) is 12.2. The van der Waals surface area contributed by atoms with E-state index in [-0.39, 0.29) is 21.5 Å². The monoisotopic (exact) mass is 574 g/mol. The van der Waals surface area contributed by atoms with Crippen molar-refractivity contribution >= 4 is 55.8 Å². The number of hydrogen-bond acceptors (Lipinski definition) is 6. The van der Waals surface area contributed by atoms with Crippen LogP contribution >= 0.6 is 23.2 Å². The molecule has 200 valence electrons. The van der Waals surface area contributed by atoms with E-state index in [4.69, 9.17) is 27.9 Å². The molecule has 8 nitrogen and oxygen atoms in total. The number of fused-ring (bicyclic) bond motifs is 1. The zero-order chi connectivity index (χ0) is 27.4. The molecule has 0 aliphatic heterocycles. The molecule has 0 spiro atoms. The van der Waals surface area contributed by atoms with Crippen LogP contribution in [0.1, 0.15) is 37.9 Å². The van der Waals surface area contributed by atoms with E-state index in [0.717, 1.165) is 32.9 Å². The molecule has 0 aliphatic rings. The summed E-state index contributed by atoms with van der Waals surface area (Å²) in [6, 6.07) is 13.3. The van der Waals surface area contributed by atoms with Crippen molar-refractivity contribution in [3.8, 4) is 5.82 Å². The third-order valence-corrected chi connectivity index (χ3v) is 8.20. The fourth-order valence-corrected chi connectivity index (χ4v) is 6.21. The minimum Gasteiger partial charge on any atom is -0.464 e. The highest BCUT2D eigenvalue weighted by molar-refractivity contribution is 7.92. The molecule has 0 amide bonds. The van der Waals surface area contributed by atoms with Gasteiger partial charge in [0.25, 0.3) is 10.0 Å². The van der Waals surface area contributed by atoms with Crippen LogP contribution in [-0.4, -0.2) is 42.3 Å². The van der Waals surface area contributed by atoms with E-state index in [9.17, 15) is 13.2 Å². The molecule has 0 saturated carbocycles. The molecule has 38 heavy (non-hydrogen) atoms. The minimum atomic E-state index is -4.24. The number of esters is 1. The van der Waals surface area contributed by atoms with Gasteiger partial charge >= 0.3 is 5.97 Å². The van der Waals surface area contributed by atoms with Gasteiger partial charge in [-0.3, -0.25) is 13.7 Å². The lowest BCUT2D eigenvalue weighted by atomic mass is 10.1. The summed E-state index contributed by atoms with van der Waals surface area (Å²) >= 11 is 12.3. The van der Waals surface area contributed by atoms with Gasteiger partial charge in [-0.1, -0.05) is 43.5 Å². The number of halogens is 2. The van der Waals surface area contributed by atoms with E-state index in [1.165, 1.54) is 18.2 Å². The van der Waals surface area contributed by atoms with Crippen LogP contribution in [-0.2, 0) is 26.0 Å². The number of carbonyl (C=O) groups is 1. The van der Waals surface area contributed by atoms with Gasteiger partial charge in [-0.25, -0.2) is 8.42 Å². The number of carbonyl (C=O) groups excluding carboxylic acids is 1. The highest BCUT2D eigenvalue weighted by Gasteiger charge is 2.30. The molecule has 2 aromatic heterocycles. The van der Waals surface area contributed by atoms with E-state index in [1.807, 2.05) is 55.8 Å². The first-order valence-corrected chi connectivity index (χ1v) is 14.4. The van der Waals surface area contributed by atoms with Crippen LogP contribution in [0.4, 0.5) is 5.69 Å². The van der Waals surface area contributed by atoms with Crippen molar-refractivity contribution in [2.24, 2.45) is 0 Å². The number of hydrogen-bond donors (Lipinski definition) is 0. The van der Waals surface area contributed by atoms with Gasteiger partial charge in [-0.15, -0.1) is 5.10 Å². The van der Waals surface area contributed by atoms with Crippen LogP contribution in [0.15, 0.2) is 59.6 Å². The van der Waals surface area contributed by atoms with Crippen molar-refractivity contribution in [2.45, 2.75) is 44.9 Å². The number of rotatable bonds is 10. The quantitative estimate of drug-likeness (QED) is 0.167. The second-order valence-corrected chi connectivity index (χ2v) is 11.5. The van der Waals surface area contributed by atoms with Crippen molar-refractivity contribution in [1.82, 2.24) is 14.8 Å². The summed E-state index contributed by atoms with van der Waals surface area (Å²) in [5.41, 5.74) is 2.72. The largest absolute Gasteiger partial charge is 0.464 e. The van der Waals surface area contributed by atoms with Gasteiger partial charge in [0.2, 0.25) is 0 Å². The number of ether oxygens (including phenoxy) is 1. The Balaban J connectivity index is 1.85. The summed E-state index contributed by atoms with van der Waals surface area (Å²) in [7, 11) is -4.24. The maximum absolute atomic E-state index is 13.9. The Kier molecular flexibility index (Phi) is 8.60. The highest BCUT2D eigenvalue weighted by Crippen LogP contribution is 2.34. The van der Waals surface area contributed by atoms with E-state index in [2.05, 4.69) is 10.2 Å². The lowest BCUT2D eigenvalue weighted by Gasteiger charge is -2.26. The van der Waals surface area contributed by atoms with E-state index in [0.29, 0.717) is 24.3 Å². The van der Waals surface area contributed by atoms with Gasteiger partial charge < -0.3 is 4.74 Å². The maximum Gasteiger partial charge on any atom is 0.326 e. The molecule has 0 unspecified atom stereocenters. The molecular formula is C27H28Cl2N4O4S. The molecule has 2 heterocycles. The van der Waals surface area contributed by atoms with Gasteiger partial charge in [0.15, 0.2) is 5.82 Å². The Morgan fingerprint density at radius 3 is 2.39 bits per heavy atom. The fourth-order valence-electron chi connectivity index (χ4n) is 4.05. The highest BCUT2D eigenvalue weighted by atomic mass is 35.5. The van der Waals surface area contributed by atoms with Gasteiger partial charge in [-0.05, 0) is 73.9 Å². The van der Waals surface area contributed by atoms with Crippen LogP contribution in [0, 0.1) is 6.92 Å². The van der Waals surface area contributed by atoms with Crippen LogP contribution < -0.4 is 4.31 Å². The van der Waals surface area contributed by atoms with Crippen molar-refractivity contribution in [3.05, 3.63) is 76.0 Å². The van der Waals surface area contributed by atoms with Crippen molar-refractivity contribution in [2.75, 3.05) is 17.5 Å². The average molecular weight is 576 g/mol. The summed E-state index contributed by atoms with van der Waals surface area (Å²) in [5.74, 6) is -0.0113. The number of aryl methyl sites for hydroxylation is 2. The first-order chi connectivity index (χ1) is 18.1. The third-order valence-electron chi connectivity index (χ3n) is 6.03. The lowest BCUT2D eigenvalue weighted by Crippen LogP contribution is -2.37. The topological polar surface area (TPSA) is 94.4 Å². The van der Waals surface area contributed by atoms with Gasteiger partial charge in [-0.2, -0.15) is 5.10 Å². The number of benzene rings is 2. The molecule has 11 heteroatoms. The smallest absolute Gasteiger partial charge is 0.326 e. The predicted molar refractivity (Wildman–Crippen MR) is 150 cm³/mol. The molecule has 0 N–H and O–H groups in total. The van der Waals surface area contributed by atoms with Gasteiger partial charge in [0, 0.05) is 21.6 Å². The van der Waals surface area contributed by atoms with E-state index < -0.39 is 22.5 Å². The Labute approximate surface area is 232 Å². The van der Waals surface area contributed by atoms with Crippen molar-refractivity contribution in [3.63, 3.8) is 0 Å². The Morgan fingerprint density at radius 2 is 1.76 bits per heavy atom. The van der Waals surface area contributed by atoms with Crippen LogP contribution in [0.3, 0.4) is 0 Å². The summed E-state index contributed by atoms with van der Waals surface area (Å²) in [6.45, 7) is 5.47. The SMILES string of the molecule is CCCCOC(=O)CN(c1cc2ccn(-c3ccc(C)nn3)c2cc1CC)S(=O)(=O)c1cc(Cl)cc(Cl)c1. The lowest BCUT2D eigenvalue weighted by molar-refractivity contribution is -0.141. The van der Waals surface area contributed by atoms with E-state index >= 15 is 0 Å². The normalized spacial score (nSPS) is 11.6. The second kappa shape index (κ2) is 11.7. The summed E-state index contributed by atoms with van der Waals surface area (Å²) in [4.78, 5) is 12.7. The number of anilines is 1. The van der Waals surface area contributed by atoms with Crippen molar-refractivity contribution in [1.29, 1.82) is 0 Å². The first kappa shape index (κ1) is 27.9. The zero-order valence-electron chi connectivity index (χ0n) is 21.3. The molecule has 0 bridgehead atoms. The van der Waals surface area contributed by atoms with Gasteiger partial charge in [0.1, 0.15) is 6.54 Å². The molecule has 0 aliphatic carbocycles. The zero-order valence-corrected chi connectivity index (χ0v) is 23.6. The number of aromatic nitrogens is 3. The molecule has 0 atom stereocenters. The van der Waals surface area contributed by atoms with Crippen LogP contribution in [0.5, 0.6) is 0 Å². The summed E-state index contributed by atoms with van der Waals surface area (Å²) < 4.78 is 36.2. The molecule has 0 saturated heterocycles. The number of unbranched alkanes of at least 4 members (excludes halogenated alkanes) is 1. The maximum atomic E-state index is 13.9.